The summed E-state index contributed by atoms with van der Waals surface area (Å²) in [6.07, 6.45) is 26.0. The third-order valence-corrected chi connectivity index (χ3v) is 8.27. The van der Waals surface area contributed by atoms with E-state index >= 15 is 0 Å². The summed E-state index contributed by atoms with van der Waals surface area (Å²) in [5, 5.41) is 7.70. The highest BCUT2D eigenvalue weighted by Gasteiger charge is 2.28. The van der Waals surface area contributed by atoms with Gasteiger partial charge in [-0.3, -0.25) is 0 Å². The number of piperidine rings is 2. The van der Waals surface area contributed by atoms with E-state index < -0.39 is 0 Å². The molecule has 0 amide bonds. The van der Waals surface area contributed by atoms with Crippen LogP contribution in [0.2, 0.25) is 0 Å². The molecule has 3 unspecified atom stereocenters. The Morgan fingerprint density at radius 3 is 1.16 bits per heavy atom. The lowest BCUT2D eigenvalue weighted by atomic mass is 9.93. The summed E-state index contributed by atoms with van der Waals surface area (Å²) >= 11 is 0. The van der Waals surface area contributed by atoms with Crippen molar-refractivity contribution >= 4 is 0 Å². The van der Waals surface area contributed by atoms with Crippen LogP contribution in [0.3, 0.4) is 0 Å². The zero-order valence-electron chi connectivity index (χ0n) is 26.1. The molecule has 4 heteroatoms. The van der Waals surface area contributed by atoms with Gasteiger partial charge in [0.05, 0.1) is 12.2 Å². The molecule has 4 nitrogen and oxygen atoms in total. The average Bonchev–Trinajstić information content (AvgIpc) is 2.90. The third-order valence-electron chi connectivity index (χ3n) is 8.27. The van der Waals surface area contributed by atoms with E-state index in [1.807, 2.05) is 13.8 Å². The number of rotatable bonds is 0. The van der Waals surface area contributed by atoms with Crippen molar-refractivity contribution in [3.8, 4) is 0 Å². The van der Waals surface area contributed by atoms with Crippen LogP contribution in [0.15, 0.2) is 0 Å². The lowest BCUT2D eigenvalue weighted by Crippen LogP contribution is -2.49. The Morgan fingerprint density at radius 1 is 0.486 bits per heavy atom. The molecule has 0 saturated carbocycles. The van der Waals surface area contributed by atoms with Crippen LogP contribution in [0, 0.1) is 0 Å². The van der Waals surface area contributed by atoms with Crippen molar-refractivity contribution < 1.29 is 9.47 Å². The van der Waals surface area contributed by atoms with Crippen LogP contribution in [0.25, 0.3) is 0 Å². The largest absolute Gasteiger partial charge is 0.377 e. The Kier molecular flexibility index (Phi) is 22.3. The maximum atomic E-state index is 6.26. The molecule has 2 N–H and O–H groups in total. The fraction of sp³-hybridized carbons (Fsp3) is 1.00. The Morgan fingerprint density at radius 2 is 0.811 bits per heavy atom. The molecule has 6 aliphatic heterocycles. The Balaban J connectivity index is 0.00000127. The molecule has 0 spiro atoms. The number of hydrogen-bond donors (Lipinski definition) is 2. The third kappa shape index (κ3) is 16.5. The number of ether oxygens (including phenoxy) is 2. The summed E-state index contributed by atoms with van der Waals surface area (Å²) < 4.78 is 12.5. The van der Waals surface area contributed by atoms with E-state index in [4.69, 9.17) is 9.47 Å². The second kappa shape index (κ2) is 23.7. The molecule has 4 bridgehead atoms. The minimum atomic E-state index is 0.428. The second-order valence-corrected chi connectivity index (χ2v) is 11.8. The van der Waals surface area contributed by atoms with E-state index in [2.05, 4.69) is 38.3 Å². The zero-order valence-corrected chi connectivity index (χ0v) is 26.1. The zero-order chi connectivity index (χ0) is 27.1. The molecule has 6 rings (SSSR count). The van der Waals surface area contributed by atoms with Crippen molar-refractivity contribution in [2.75, 3.05) is 13.2 Å². The Hall–Kier alpha value is -0.160. The summed E-state index contributed by atoms with van der Waals surface area (Å²) in [6.45, 7) is 14.8. The van der Waals surface area contributed by atoms with E-state index in [0.29, 0.717) is 36.4 Å². The lowest BCUT2D eigenvalue weighted by Gasteiger charge is -2.36. The molecule has 0 aromatic heterocycles. The molecular formula is C33H68N2O2. The molecule has 6 heterocycles. The first-order valence-electron chi connectivity index (χ1n) is 16.9. The fourth-order valence-electron chi connectivity index (χ4n) is 6.14. The van der Waals surface area contributed by atoms with Crippen LogP contribution in [-0.2, 0) is 9.47 Å². The minimum absolute atomic E-state index is 0.428. The van der Waals surface area contributed by atoms with Crippen molar-refractivity contribution in [2.45, 2.75) is 200 Å². The van der Waals surface area contributed by atoms with E-state index in [9.17, 15) is 0 Å². The predicted molar refractivity (Wildman–Crippen MR) is 163 cm³/mol. The summed E-state index contributed by atoms with van der Waals surface area (Å²) in [5.74, 6) is 0. The highest BCUT2D eigenvalue weighted by atomic mass is 16.5. The van der Waals surface area contributed by atoms with E-state index in [1.54, 1.807) is 0 Å². The lowest BCUT2D eigenvalue weighted by molar-refractivity contribution is 0.000650. The van der Waals surface area contributed by atoms with Crippen LogP contribution in [0.1, 0.15) is 164 Å². The Labute approximate surface area is 233 Å². The van der Waals surface area contributed by atoms with E-state index in [0.717, 1.165) is 13.2 Å². The van der Waals surface area contributed by atoms with Gasteiger partial charge in [0.25, 0.3) is 0 Å². The average molecular weight is 525 g/mol. The molecule has 6 fully saturated rings. The number of nitrogens with one attached hydrogen (secondary N) is 2. The molecule has 37 heavy (non-hydrogen) atoms. The van der Waals surface area contributed by atoms with Gasteiger partial charge in [-0.1, -0.05) is 98.3 Å². The Bertz CT molecular complexity index is 447. The van der Waals surface area contributed by atoms with Crippen molar-refractivity contribution in [1.82, 2.24) is 10.6 Å². The highest BCUT2D eigenvalue weighted by Crippen LogP contribution is 2.23. The van der Waals surface area contributed by atoms with Gasteiger partial charge in [-0.25, -0.2) is 0 Å². The van der Waals surface area contributed by atoms with Crippen LogP contribution in [0.5, 0.6) is 0 Å². The normalized spacial score (nSPS) is 33.9. The minimum Gasteiger partial charge on any atom is -0.377 e. The van der Waals surface area contributed by atoms with Crippen LogP contribution in [0.4, 0.5) is 0 Å². The maximum Gasteiger partial charge on any atom is 0.0725 e. The molecule has 6 aliphatic rings. The first kappa shape index (κ1) is 34.9. The second-order valence-electron chi connectivity index (χ2n) is 11.8. The van der Waals surface area contributed by atoms with E-state index in [1.165, 1.54) is 122 Å². The summed E-state index contributed by atoms with van der Waals surface area (Å²) in [5.41, 5.74) is 0. The molecule has 222 valence electrons. The van der Waals surface area contributed by atoms with Crippen LogP contribution >= 0.6 is 0 Å². The van der Waals surface area contributed by atoms with Crippen molar-refractivity contribution in [3.05, 3.63) is 0 Å². The molecule has 6 atom stereocenters. The van der Waals surface area contributed by atoms with Gasteiger partial charge in [0, 0.05) is 37.4 Å². The molecular weight excluding hydrogens is 456 g/mol. The maximum absolute atomic E-state index is 6.26. The smallest absolute Gasteiger partial charge is 0.0725 e. The summed E-state index contributed by atoms with van der Waals surface area (Å²) in [4.78, 5) is 0. The molecule has 0 radical (unpaired) electrons. The first-order chi connectivity index (χ1) is 18.1. The van der Waals surface area contributed by atoms with Crippen molar-refractivity contribution in [2.24, 2.45) is 0 Å². The fourth-order valence-corrected chi connectivity index (χ4v) is 6.14. The molecule has 0 aliphatic carbocycles. The van der Waals surface area contributed by atoms with Gasteiger partial charge in [0.15, 0.2) is 0 Å². The van der Waals surface area contributed by atoms with Gasteiger partial charge in [0.1, 0.15) is 0 Å². The van der Waals surface area contributed by atoms with Gasteiger partial charge >= 0.3 is 0 Å². The van der Waals surface area contributed by atoms with Crippen molar-refractivity contribution in [1.29, 1.82) is 0 Å². The first-order valence-corrected chi connectivity index (χ1v) is 16.9. The van der Waals surface area contributed by atoms with Crippen molar-refractivity contribution in [3.63, 3.8) is 0 Å². The molecule has 0 aromatic rings. The van der Waals surface area contributed by atoms with Gasteiger partial charge < -0.3 is 20.1 Å². The topological polar surface area (TPSA) is 42.5 Å². The molecule has 0 aromatic carbocycles. The highest BCUT2D eigenvalue weighted by molar-refractivity contribution is 4.86. The van der Waals surface area contributed by atoms with E-state index in [-0.39, 0.29) is 0 Å². The molecule has 6 saturated heterocycles. The summed E-state index contributed by atoms with van der Waals surface area (Å²) in [7, 11) is 0. The van der Waals surface area contributed by atoms with Crippen LogP contribution in [-0.4, -0.2) is 49.6 Å². The van der Waals surface area contributed by atoms with Gasteiger partial charge in [-0.05, 0) is 65.2 Å². The van der Waals surface area contributed by atoms with Crippen LogP contribution < -0.4 is 10.6 Å². The van der Waals surface area contributed by atoms with Gasteiger partial charge in [0.2, 0.25) is 0 Å². The quantitative estimate of drug-likeness (QED) is 0.332. The van der Waals surface area contributed by atoms with Gasteiger partial charge in [-0.2, -0.15) is 0 Å². The monoisotopic (exact) mass is 525 g/mol. The standard InChI is InChI=1S/C28H54N2O2.C3H8.C2H6/c1-23-27-19-17-25(29-23)15-11-7-3-6-10-14-22-32-28-20-18-26(30-24(28)2)16-12-8-4-5-9-13-21-31-27;1-3-2;1-2/h23-30H,3-22H2,1-2H3;3H2,1-2H3;1-2H3/t23-,24?,25+,26+,27?,28?;;/m0../s1. The van der Waals surface area contributed by atoms with Gasteiger partial charge in [-0.15, -0.1) is 0 Å². The summed E-state index contributed by atoms with van der Waals surface area (Å²) in [6, 6.07) is 2.45. The SMILES string of the molecule is CC.CC1N[C@@H]2CCCCCCCCOC3CC[C@@H](CCCCCCCCOC1CC2)N[C@H]3C.CCC. The predicted octanol–water partition coefficient (Wildman–Crippen LogP) is 8.96. The number of hydrogen-bond acceptors (Lipinski definition) is 4.